The summed E-state index contributed by atoms with van der Waals surface area (Å²) in [6, 6.07) is 5.66. The van der Waals surface area contributed by atoms with Crippen molar-refractivity contribution in [2.75, 3.05) is 31.1 Å². The van der Waals surface area contributed by atoms with Gasteiger partial charge in [0.05, 0.1) is 6.20 Å². The Labute approximate surface area is 217 Å². The van der Waals surface area contributed by atoms with Crippen molar-refractivity contribution >= 4 is 18.1 Å². The summed E-state index contributed by atoms with van der Waals surface area (Å²) in [4.78, 5) is 19.9. The summed E-state index contributed by atoms with van der Waals surface area (Å²) in [6.45, 7) is 3.71. The van der Waals surface area contributed by atoms with Crippen molar-refractivity contribution in [3.63, 3.8) is 0 Å². The summed E-state index contributed by atoms with van der Waals surface area (Å²) in [5.74, 6) is 0.0166. The van der Waals surface area contributed by atoms with E-state index < -0.39 is 11.4 Å². The number of piperazine rings is 1. The summed E-state index contributed by atoms with van der Waals surface area (Å²) in [5, 5.41) is 22.6. The van der Waals surface area contributed by atoms with Crippen molar-refractivity contribution in [2.45, 2.75) is 12.5 Å². The average Bonchev–Trinajstić information content (AvgIpc) is 3.52. The third-order valence-corrected chi connectivity index (χ3v) is 6.71. The lowest BCUT2D eigenvalue weighted by Gasteiger charge is -2.36. The van der Waals surface area contributed by atoms with Crippen LogP contribution in [0.25, 0.3) is 11.1 Å². The molecule has 10 nitrogen and oxygen atoms in total. The minimum Gasteiger partial charge on any atom is -0.381 e. The van der Waals surface area contributed by atoms with Gasteiger partial charge in [0.15, 0.2) is 11.7 Å². The highest BCUT2D eigenvalue weighted by Gasteiger charge is 2.29. The van der Waals surface area contributed by atoms with Gasteiger partial charge in [-0.05, 0) is 24.6 Å². The molecule has 12 heteroatoms. The van der Waals surface area contributed by atoms with E-state index in [1.165, 1.54) is 24.3 Å². The van der Waals surface area contributed by atoms with E-state index >= 15 is 4.39 Å². The fraction of sp³-hybridized carbons (Fsp3) is 0.269. The fourth-order valence-electron chi connectivity index (χ4n) is 4.50. The molecule has 0 radical (unpaired) electrons. The third kappa shape index (κ3) is 4.77. The Hall–Kier alpha value is -4.45. The molecular formula is C26H27F2N9O. The van der Waals surface area contributed by atoms with Crippen molar-refractivity contribution in [1.29, 1.82) is 5.41 Å². The summed E-state index contributed by atoms with van der Waals surface area (Å²) in [7, 11) is 1.77. The topological polar surface area (TPSA) is 122 Å². The van der Waals surface area contributed by atoms with Gasteiger partial charge in [0.2, 0.25) is 5.95 Å². The number of nitrogens with one attached hydrogen (secondary N) is 2. The van der Waals surface area contributed by atoms with E-state index in [0.29, 0.717) is 60.2 Å². The molecule has 1 saturated heterocycles. The van der Waals surface area contributed by atoms with Gasteiger partial charge in [0.1, 0.15) is 23.5 Å². The normalized spacial score (nSPS) is 16.0. The SMILES string of the molecule is Cn1cc(-c2c[nH]c(C(=NC=N)N3CCN(c4ncc([C@@](C)(O)c5ccc(F)cc5)cn4)CC3)c2F)cn1. The first kappa shape index (κ1) is 25.2. The Balaban J connectivity index is 1.28. The minimum absolute atomic E-state index is 0.212. The standard InChI is InChI=1S/C26H27F2N9O/c1-26(38,18-3-5-20(27)6-4-18)19-12-31-25(32-13-19)37-9-7-36(8-10-37)24(33-16-29)23-22(28)21(14-30-23)17-11-34-35(2)15-17/h3-6,11-16,29-30,38H,7-10H2,1-2H3/t26-/m0/s1. The second kappa shape index (κ2) is 10.1. The van der Waals surface area contributed by atoms with Crippen LogP contribution in [0.15, 0.2) is 60.2 Å². The molecule has 1 aliphatic heterocycles. The number of aromatic amines is 1. The van der Waals surface area contributed by atoms with Crippen LogP contribution in [0.5, 0.6) is 0 Å². The van der Waals surface area contributed by atoms with Gasteiger partial charge in [-0.2, -0.15) is 5.10 Å². The van der Waals surface area contributed by atoms with E-state index in [1.807, 2.05) is 9.80 Å². The number of aliphatic imine (C=N–C) groups is 1. The van der Waals surface area contributed by atoms with Crippen LogP contribution in [-0.4, -0.2) is 73.1 Å². The van der Waals surface area contributed by atoms with Crippen LogP contribution >= 0.6 is 0 Å². The summed E-state index contributed by atoms with van der Waals surface area (Å²) in [6.07, 6.45) is 8.93. The predicted octanol–water partition coefficient (Wildman–Crippen LogP) is 2.92. The van der Waals surface area contributed by atoms with E-state index in [9.17, 15) is 9.50 Å². The zero-order valence-corrected chi connectivity index (χ0v) is 20.9. The average molecular weight is 520 g/mol. The molecule has 1 aromatic carbocycles. The van der Waals surface area contributed by atoms with Crippen molar-refractivity contribution in [1.82, 2.24) is 29.6 Å². The molecule has 0 spiro atoms. The van der Waals surface area contributed by atoms with Crippen molar-refractivity contribution in [3.8, 4) is 11.1 Å². The number of benzene rings is 1. The lowest BCUT2D eigenvalue weighted by atomic mass is 9.90. The van der Waals surface area contributed by atoms with Crippen LogP contribution in [0.1, 0.15) is 23.7 Å². The Bertz CT molecular complexity index is 1450. The smallest absolute Gasteiger partial charge is 0.225 e. The fourth-order valence-corrected chi connectivity index (χ4v) is 4.50. The molecule has 1 atom stereocenters. The van der Waals surface area contributed by atoms with E-state index in [1.54, 1.807) is 49.6 Å². The third-order valence-electron chi connectivity index (χ3n) is 6.71. The maximum Gasteiger partial charge on any atom is 0.225 e. The second-order valence-electron chi connectivity index (χ2n) is 9.20. The van der Waals surface area contributed by atoms with E-state index in [4.69, 9.17) is 5.41 Å². The molecule has 196 valence electrons. The van der Waals surface area contributed by atoms with E-state index in [-0.39, 0.29) is 11.5 Å². The molecule has 4 heterocycles. The number of hydrogen-bond donors (Lipinski definition) is 3. The van der Waals surface area contributed by atoms with Gasteiger partial charge in [-0.3, -0.25) is 10.1 Å². The number of aryl methyl sites for hydroxylation is 1. The molecule has 0 saturated carbocycles. The number of aromatic nitrogens is 5. The molecule has 5 rings (SSSR count). The molecule has 4 aromatic rings. The lowest BCUT2D eigenvalue weighted by molar-refractivity contribution is 0.101. The number of amidine groups is 1. The molecule has 0 bridgehead atoms. The quantitative estimate of drug-likeness (QED) is 0.266. The first-order chi connectivity index (χ1) is 18.3. The van der Waals surface area contributed by atoms with Crippen molar-refractivity contribution < 1.29 is 13.9 Å². The number of hydrogen-bond acceptors (Lipinski definition) is 6. The number of anilines is 1. The molecule has 3 aromatic heterocycles. The van der Waals surface area contributed by atoms with Gasteiger partial charge in [-0.25, -0.2) is 23.7 Å². The largest absolute Gasteiger partial charge is 0.381 e. The van der Waals surface area contributed by atoms with E-state index in [0.717, 1.165) is 6.34 Å². The summed E-state index contributed by atoms with van der Waals surface area (Å²) < 4.78 is 30.2. The maximum atomic E-state index is 15.4. The van der Waals surface area contributed by atoms with E-state index in [2.05, 4.69) is 25.0 Å². The van der Waals surface area contributed by atoms with Gasteiger partial charge >= 0.3 is 0 Å². The van der Waals surface area contributed by atoms with Gasteiger partial charge in [-0.1, -0.05) is 12.1 Å². The number of nitrogens with zero attached hydrogens (tertiary/aromatic N) is 7. The second-order valence-corrected chi connectivity index (χ2v) is 9.20. The molecule has 0 amide bonds. The first-order valence-corrected chi connectivity index (χ1v) is 12.0. The lowest BCUT2D eigenvalue weighted by Crippen LogP contribution is -2.49. The highest BCUT2D eigenvalue weighted by Crippen LogP contribution is 2.29. The molecule has 38 heavy (non-hydrogen) atoms. The number of aliphatic hydroxyl groups is 1. The predicted molar refractivity (Wildman–Crippen MR) is 139 cm³/mol. The highest BCUT2D eigenvalue weighted by atomic mass is 19.1. The summed E-state index contributed by atoms with van der Waals surface area (Å²) >= 11 is 0. The molecule has 1 aliphatic rings. The molecule has 0 unspecified atom stereocenters. The summed E-state index contributed by atoms with van der Waals surface area (Å²) in [5.41, 5.74) is 0.880. The van der Waals surface area contributed by atoms with Crippen LogP contribution in [0, 0.1) is 17.0 Å². The van der Waals surface area contributed by atoms with Crippen molar-refractivity contribution in [3.05, 3.63) is 83.7 Å². The van der Waals surface area contributed by atoms with Crippen LogP contribution in [-0.2, 0) is 12.6 Å². The van der Waals surface area contributed by atoms with Gasteiger partial charge in [0.25, 0.3) is 0 Å². The first-order valence-electron chi connectivity index (χ1n) is 12.0. The van der Waals surface area contributed by atoms with Crippen molar-refractivity contribution in [2.24, 2.45) is 12.0 Å². The zero-order valence-electron chi connectivity index (χ0n) is 20.9. The zero-order chi connectivity index (χ0) is 26.9. The van der Waals surface area contributed by atoms with Gasteiger partial charge in [0, 0.05) is 74.7 Å². The minimum atomic E-state index is -1.38. The maximum absolute atomic E-state index is 15.4. The number of rotatable bonds is 6. The monoisotopic (exact) mass is 519 g/mol. The van der Waals surface area contributed by atoms with Crippen LogP contribution < -0.4 is 4.90 Å². The molecule has 3 N–H and O–H groups in total. The van der Waals surface area contributed by atoms with Crippen LogP contribution in [0.2, 0.25) is 0 Å². The highest BCUT2D eigenvalue weighted by molar-refractivity contribution is 6.02. The molecule has 1 fully saturated rings. The van der Waals surface area contributed by atoms with Crippen LogP contribution in [0.3, 0.4) is 0 Å². The Kier molecular flexibility index (Phi) is 6.72. The van der Waals surface area contributed by atoms with Crippen LogP contribution in [0.4, 0.5) is 14.7 Å². The number of halogens is 2. The molecular weight excluding hydrogens is 492 g/mol. The Morgan fingerprint density at radius 1 is 1.08 bits per heavy atom. The Morgan fingerprint density at radius 3 is 2.37 bits per heavy atom. The Morgan fingerprint density at radius 2 is 1.76 bits per heavy atom. The molecule has 0 aliphatic carbocycles. The van der Waals surface area contributed by atoms with Gasteiger partial charge < -0.3 is 19.9 Å². The number of H-pyrrole nitrogens is 1. The van der Waals surface area contributed by atoms with Gasteiger partial charge in [-0.15, -0.1) is 0 Å².